The van der Waals surface area contributed by atoms with Gasteiger partial charge in [0.15, 0.2) is 5.65 Å². The maximum Gasteiger partial charge on any atom is 0.154 e. The number of aliphatic imine (C=N–C) groups is 1. The number of rotatable bonds is 4. The van der Waals surface area contributed by atoms with Crippen molar-refractivity contribution in [1.82, 2.24) is 14.6 Å². The molecule has 4 rings (SSSR count). The third-order valence-electron chi connectivity index (χ3n) is 4.63. The van der Waals surface area contributed by atoms with Gasteiger partial charge in [0.25, 0.3) is 0 Å². The third-order valence-corrected chi connectivity index (χ3v) is 4.63. The summed E-state index contributed by atoms with van der Waals surface area (Å²) in [5.74, 6) is 0.704. The zero-order valence-corrected chi connectivity index (χ0v) is 14.1. The molecular weight excluding hydrogens is 335 g/mol. The number of aliphatic hydroxyl groups is 1. The van der Waals surface area contributed by atoms with Crippen molar-refractivity contribution in [2.45, 2.75) is 18.9 Å². The van der Waals surface area contributed by atoms with Crippen molar-refractivity contribution in [3.05, 3.63) is 59.7 Å². The van der Waals surface area contributed by atoms with Crippen LogP contribution in [0.25, 0.3) is 5.65 Å². The Morgan fingerprint density at radius 1 is 1.35 bits per heavy atom. The zero-order valence-electron chi connectivity index (χ0n) is 14.1. The van der Waals surface area contributed by atoms with Gasteiger partial charge in [-0.05, 0) is 42.7 Å². The van der Waals surface area contributed by atoms with Crippen molar-refractivity contribution in [2.75, 3.05) is 18.2 Å². The highest BCUT2D eigenvalue weighted by molar-refractivity contribution is 5.96. The van der Waals surface area contributed by atoms with Crippen molar-refractivity contribution in [2.24, 2.45) is 10.7 Å². The van der Waals surface area contributed by atoms with Gasteiger partial charge in [0.05, 0.1) is 12.2 Å². The summed E-state index contributed by atoms with van der Waals surface area (Å²) < 4.78 is 15.3. The van der Waals surface area contributed by atoms with E-state index in [0.717, 1.165) is 30.8 Å². The van der Waals surface area contributed by atoms with E-state index in [2.05, 4.69) is 20.0 Å². The van der Waals surface area contributed by atoms with Crippen molar-refractivity contribution in [1.29, 1.82) is 0 Å². The molecule has 26 heavy (non-hydrogen) atoms. The van der Waals surface area contributed by atoms with Crippen LogP contribution in [0.1, 0.15) is 30.1 Å². The lowest BCUT2D eigenvalue weighted by atomic mass is 10.0. The van der Waals surface area contributed by atoms with Crippen LogP contribution in [0.15, 0.2) is 47.6 Å². The van der Waals surface area contributed by atoms with Gasteiger partial charge in [-0.1, -0.05) is 12.1 Å². The van der Waals surface area contributed by atoms with Crippen LogP contribution in [-0.2, 0) is 0 Å². The number of aromatic nitrogens is 3. The summed E-state index contributed by atoms with van der Waals surface area (Å²) in [6.07, 6.45) is 3.52. The van der Waals surface area contributed by atoms with Crippen LogP contribution in [0.5, 0.6) is 0 Å². The van der Waals surface area contributed by atoms with E-state index in [9.17, 15) is 4.39 Å². The lowest BCUT2D eigenvalue weighted by Crippen LogP contribution is -2.25. The Labute approximate surface area is 149 Å². The standard InChI is InChI=1S/C18H19FN6O/c19-13-4-1-3-12(9-13)14-5-2-8-24(14)17-7-6-16-21-10-15(25(16)23-17)18(20)22-11-26/h1,3-4,6-7,9-10,14,26H,2,5,8,11H2,(H2,20,22). The summed E-state index contributed by atoms with van der Waals surface area (Å²) in [6, 6.07) is 10.6. The van der Waals surface area contributed by atoms with Gasteiger partial charge in [-0.3, -0.25) is 0 Å². The Hall–Kier alpha value is -3.00. The van der Waals surface area contributed by atoms with Crippen molar-refractivity contribution >= 4 is 17.3 Å². The highest BCUT2D eigenvalue weighted by Crippen LogP contribution is 2.35. The molecule has 0 amide bonds. The SMILES string of the molecule is NC(=NCO)c1cnc2ccc(N3CCCC3c3cccc(F)c3)nn12. The highest BCUT2D eigenvalue weighted by atomic mass is 19.1. The first-order valence-corrected chi connectivity index (χ1v) is 8.45. The molecule has 1 aliphatic rings. The van der Waals surface area contributed by atoms with Gasteiger partial charge in [-0.2, -0.15) is 0 Å². The second kappa shape index (κ2) is 6.72. The minimum atomic E-state index is -0.396. The Kier molecular flexibility index (Phi) is 4.26. The molecule has 0 bridgehead atoms. The van der Waals surface area contributed by atoms with Crippen LogP contribution in [0.3, 0.4) is 0 Å². The molecule has 7 nitrogen and oxygen atoms in total. The molecule has 1 aromatic carbocycles. The summed E-state index contributed by atoms with van der Waals surface area (Å²) in [5.41, 5.74) is 8.00. The number of hydrogen-bond donors (Lipinski definition) is 2. The summed E-state index contributed by atoms with van der Waals surface area (Å²) in [5, 5.41) is 13.6. The maximum absolute atomic E-state index is 13.6. The van der Waals surface area contributed by atoms with Crippen LogP contribution < -0.4 is 10.6 Å². The number of anilines is 1. The molecule has 1 saturated heterocycles. The van der Waals surface area contributed by atoms with E-state index >= 15 is 0 Å². The summed E-state index contributed by atoms with van der Waals surface area (Å²) in [4.78, 5) is 10.2. The predicted octanol–water partition coefficient (Wildman–Crippen LogP) is 1.86. The number of imidazole rings is 1. The smallest absolute Gasteiger partial charge is 0.154 e. The Morgan fingerprint density at radius 3 is 3.04 bits per heavy atom. The molecule has 8 heteroatoms. The number of benzene rings is 1. The summed E-state index contributed by atoms with van der Waals surface area (Å²) in [7, 11) is 0. The molecule has 1 unspecified atom stereocenters. The topological polar surface area (TPSA) is 92.0 Å². The second-order valence-electron chi connectivity index (χ2n) is 6.20. The van der Waals surface area contributed by atoms with E-state index in [0.29, 0.717) is 11.3 Å². The van der Waals surface area contributed by atoms with Crippen LogP contribution in [0, 0.1) is 5.82 Å². The number of aliphatic hydroxyl groups excluding tert-OH is 1. The third kappa shape index (κ3) is 2.88. The number of nitrogens with two attached hydrogens (primary N) is 1. The van der Waals surface area contributed by atoms with Crippen molar-refractivity contribution in [3.8, 4) is 0 Å². The van der Waals surface area contributed by atoms with E-state index in [1.54, 1.807) is 22.8 Å². The Balaban J connectivity index is 1.73. The molecule has 0 saturated carbocycles. The highest BCUT2D eigenvalue weighted by Gasteiger charge is 2.28. The largest absolute Gasteiger partial charge is 0.382 e. The fourth-order valence-electron chi connectivity index (χ4n) is 3.45. The van der Waals surface area contributed by atoms with Crippen molar-refractivity contribution in [3.63, 3.8) is 0 Å². The van der Waals surface area contributed by atoms with Gasteiger partial charge in [-0.25, -0.2) is 18.9 Å². The van der Waals surface area contributed by atoms with E-state index in [1.165, 1.54) is 6.07 Å². The molecule has 3 aromatic rings. The second-order valence-corrected chi connectivity index (χ2v) is 6.20. The molecule has 0 spiro atoms. The summed E-state index contributed by atoms with van der Waals surface area (Å²) in [6.45, 7) is 0.441. The van der Waals surface area contributed by atoms with Gasteiger partial charge < -0.3 is 15.7 Å². The van der Waals surface area contributed by atoms with E-state index < -0.39 is 6.73 Å². The number of nitrogens with zero attached hydrogens (tertiary/aromatic N) is 5. The normalized spacial score (nSPS) is 18.0. The predicted molar refractivity (Wildman–Crippen MR) is 96.5 cm³/mol. The fourth-order valence-corrected chi connectivity index (χ4v) is 3.45. The maximum atomic E-state index is 13.6. The van der Waals surface area contributed by atoms with Crippen LogP contribution in [0.2, 0.25) is 0 Å². The first kappa shape index (κ1) is 16.5. The van der Waals surface area contributed by atoms with Gasteiger partial charge >= 0.3 is 0 Å². The van der Waals surface area contributed by atoms with E-state index in [1.807, 2.05) is 18.2 Å². The molecule has 3 N–H and O–H groups in total. The fraction of sp³-hybridized carbons (Fsp3) is 0.278. The van der Waals surface area contributed by atoms with Crippen molar-refractivity contribution < 1.29 is 9.50 Å². The van der Waals surface area contributed by atoms with Gasteiger partial charge in [-0.15, -0.1) is 5.10 Å². The van der Waals surface area contributed by atoms with Crippen LogP contribution >= 0.6 is 0 Å². The number of amidine groups is 1. The number of fused-ring (bicyclic) bond motifs is 1. The average Bonchev–Trinajstić information content (AvgIpc) is 3.28. The first-order valence-electron chi connectivity index (χ1n) is 8.45. The van der Waals surface area contributed by atoms with Gasteiger partial charge in [0.2, 0.25) is 0 Å². The lowest BCUT2D eigenvalue weighted by molar-refractivity contribution is 0.309. The van der Waals surface area contributed by atoms with Gasteiger partial charge in [0.1, 0.15) is 29.9 Å². The molecule has 134 valence electrons. The molecule has 1 fully saturated rings. The molecule has 3 heterocycles. The molecular formula is C18H19FN6O. The quantitative estimate of drug-likeness (QED) is 0.551. The lowest BCUT2D eigenvalue weighted by Gasteiger charge is -2.26. The monoisotopic (exact) mass is 354 g/mol. The molecule has 0 aliphatic carbocycles. The molecule has 1 aliphatic heterocycles. The minimum absolute atomic E-state index is 0.0751. The first-order chi connectivity index (χ1) is 12.7. The van der Waals surface area contributed by atoms with Gasteiger partial charge in [0, 0.05) is 6.54 Å². The summed E-state index contributed by atoms with van der Waals surface area (Å²) >= 11 is 0. The molecule has 1 atom stereocenters. The average molecular weight is 354 g/mol. The Morgan fingerprint density at radius 2 is 2.23 bits per heavy atom. The van der Waals surface area contributed by atoms with E-state index in [4.69, 9.17) is 10.8 Å². The van der Waals surface area contributed by atoms with Crippen LogP contribution in [0.4, 0.5) is 10.2 Å². The van der Waals surface area contributed by atoms with Crippen LogP contribution in [-0.4, -0.2) is 38.8 Å². The number of hydrogen-bond acceptors (Lipinski definition) is 5. The Bertz CT molecular complexity index is 969. The zero-order chi connectivity index (χ0) is 18.1. The van der Waals surface area contributed by atoms with E-state index in [-0.39, 0.29) is 17.7 Å². The number of halogens is 1. The minimum Gasteiger partial charge on any atom is -0.382 e. The molecule has 0 radical (unpaired) electrons. The molecule has 2 aromatic heterocycles.